The SMILES string of the molecule is COc1ccc(O)c(C(=O)c2cnn(-c3cnccn3)c2)c1. The molecule has 0 spiro atoms. The first-order valence-corrected chi connectivity index (χ1v) is 6.42. The highest BCUT2D eigenvalue weighted by atomic mass is 16.5. The number of phenols is 1. The van der Waals surface area contributed by atoms with E-state index in [1.165, 1.54) is 48.7 Å². The van der Waals surface area contributed by atoms with Crippen LogP contribution in [0.5, 0.6) is 11.5 Å². The van der Waals surface area contributed by atoms with Gasteiger partial charge in [0, 0.05) is 18.6 Å². The summed E-state index contributed by atoms with van der Waals surface area (Å²) in [6.07, 6.45) is 7.56. The highest BCUT2D eigenvalue weighted by Crippen LogP contribution is 2.25. The van der Waals surface area contributed by atoms with Gasteiger partial charge >= 0.3 is 0 Å². The zero-order valence-electron chi connectivity index (χ0n) is 11.7. The Hall–Kier alpha value is -3.22. The maximum absolute atomic E-state index is 12.5. The zero-order chi connectivity index (χ0) is 15.5. The quantitative estimate of drug-likeness (QED) is 0.736. The molecule has 0 bridgehead atoms. The number of carbonyl (C=O) groups excluding carboxylic acids is 1. The number of benzene rings is 1. The van der Waals surface area contributed by atoms with Crippen molar-refractivity contribution in [2.24, 2.45) is 0 Å². The molecule has 3 aromatic rings. The first-order chi connectivity index (χ1) is 10.7. The fourth-order valence-corrected chi connectivity index (χ4v) is 1.95. The minimum Gasteiger partial charge on any atom is -0.507 e. The molecule has 0 saturated carbocycles. The average molecular weight is 296 g/mol. The van der Waals surface area contributed by atoms with Crippen molar-refractivity contribution in [3.05, 3.63) is 60.3 Å². The number of nitrogens with zero attached hydrogens (tertiary/aromatic N) is 4. The largest absolute Gasteiger partial charge is 0.507 e. The van der Waals surface area contributed by atoms with Crippen LogP contribution in [0.2, 0.25) is 0 Å². The molecule has 0 aliphatic heterocycles. The molecule has 0 fully saturated rings. The van der Waals surface area contributed by atoms with Gasteiger partial charge in [-0.2, -0.15) is 5.10 Å². The summed E-state index contributed by atoms with van der Waals surface area (Å²) < 4.78 is 6.51. The van der Waals surface area contributed by atoms with Gasteiger partial charge in [0.2, 0.25) is 0 Å². The Morgan fingerprint density at radius 3 is 2.86 bits per heavy atom. The van der Waals surface area contributed by atoms with Crippen LogP contribution in [0, 0.1) is 0 Å². The standard InChI is InChI=1S/C15H12N4O3/c1-22-11-2-3-13(20)12(6-11)15(21)10-7-18-19(9-10)14-8-16-4-5-17-14/h2-9,20H,1H3. The van der Waals surface area contributed by atoms with E-state index in [-0.39, 0.29) is 17.1 Å². The predicted octanol–water partition coefficient (Wildman–Crippen LogP) is 1.61. The van der Waals surface area contributed by atoms with E-state index in [4.69, 9.17) is 4.74 Å². The van der Waals surface area contributed by atoms with Crippen molar-refractivity contribution in [2.45, 2.75) is 0 Å². The molecule has 0 radical (unpaired) electrons. The van der Waals surface area contributed by atoms with Crippen molar-refractivity contribution in [3.63, 3.8) is 0 Å². The Balaban J connectivity index is 1.95. The van der Waals surface area contributed by atoms with Gasteiger partial charge in [-0.05, 0) is 18.2 Å². The first-order valence-electron chi connectivity index (χ1n) is 6.42. The van der Waals surface area contributed by atoms with Gasteiger partial charge in [-0.1, -0.05) is 0 Å². The third kappa shape index (κ3) is 2.51. The van der Waals surface area contributed by atoms with Crippen molar-refractivity contribution in [2.75, 3.05) is 7.11 Å². The molecule has 22 heavy (non-hydrogen) atoms. The van der Waals surface area contributed by atoms with Gasteiger partial charge in [-0.15, -0.1) is 0 Å². The van der Waals surface area contributed by atoms with Gasteiger partial charge < -0.3 is 9.84 Å². The lowest BCUT2D eigenvalue weighted by Gasteiger charge is -2.05. The molecule has 110 valence electrons. The maximum Gasteiger partial charge on any atom is 0.200 e. The molecule has 1 aromatic carbocycles. The molecular weight excluding hydrogens is 284 g/mol. The molecule has 2 aromatic heterocycles. The molecule has 1 N–H and O–H groups in total. The van der Waals surface area contributed by atoms with Crippen molar-refractivity contribution < 1.29 is 14.6 Å². The van der Waals surface area contributed by atoms with E-state index in [9.17, 15) is 9.90 Å². The van der Waals surface area contributed by atoms with E-state index in [1.807, 2.05) is 0 Å². The van der Waals surface area contributed by atoms with Crippen LogP contribution in [-0.4, -0.2) is 37.7 Å². The molecular formula is C15H12N4O3. The van der Waals surface area contributed by atoms with E-state index < -0.39 is 0 Å². The van der Waals surface area contributed by atoms with Gasteiger partial charge in [0.1, 0.15) is 11.5 Å². The second-order valence-electron chi connectivity index (χ2n) is 4.45. The zero-order valence-corrected chi connectivity index (χ0v) is 11.7. The Kier molecular flexibility index (Phi) is 3.53. The summed E-state index contributed by atoms with van der Waals surface area (Å²) in [5, 5.41) is 13.9. The summed E-state index contributed by atoms with van der Waals surface area (Å²) in [5.74, 6) is 0.517. The minimum absolute atomic E-state index is 0.113. The summed E-state index contributed by atoms with van der Waals surface area (Å²) in [6, 6.07) is 4.48. The van der Waals surface area contributed by atoms with Crippen LogP contribution < -0.4 is 4.74 Å². The van der Waals surface area contributed by atoms with Crippen molar-refractivity contribution in [3.8, 4) is 17.3 Å². The third-order valence-corrected chi connectivity index (χ3v) is 3.08. The fourth-order valence-electron chi connectivity index (χ4n) is 1.95. The van der Waals surface area contributed by atoms with Crippen LogP contribution in [-0.2, 0) is 0 Å². The van der Waals surface area contributed by atoms with E-state index in [2.05, 4.69) is 15.1 Å². The van der Waals surface area contributed by atoms with Gasteiger partial charge in [0.15, 0.2) is 11.6 Å². The topological polar surface area (TPSA) is 90.1 Å². The molecule has 3 rings (SSSR count). The third-order valence-electron chi connectivity index (χ3n) is 3.08. The lowest BCUT2D eigenvalue weighted by atomic mass is 10.1. The molecule has 0 saturated heterocycles. The number of ketones is 1. The van der Waals surface area contributed by atoms with Gasteiger partial charge in [-0.25, -0.2) is 9.67 Å². The summed E-state index contributed by atoms with van der Waals surface area (Å²) in [6.45, 7) is 0. The van der Waals surface area contributed by atoms with Crippen molar-refractivity contribution in [1.29, 1.82) is 0 Å². The Morgan fingerprint density at radius 2 is 2.14 bits per heavy atom. The lowest BCUT2D eigenvalue weighted by molar-refractivity contribution is 0.103. The van der Waals surface area contributed by atoms with Crippen molar-refractivity contribution >= 4 is 5.78 Å². The highest BCUT2D eigenvalue weighted by Gasteiger charge is 2.17. The van der Waals surface area contributed by atoms with Crippen LogP contribution in [0.1, 0.15) is 15.9 Å². The first kappa shape index (κ1) is 13.7. The number of ether oxygens (including phenoxy) is 1. The number of hydrogen-bond donors (Lipinski definition) is 1. The fraction of sp³-hybridized carbons (Fsp3) is 0.0667. The Morgan fingerprint density at radius 1 is 1.27 bits per heavy atom. The number of rotatable bonds is 4. The average Bonchev–Trinajstić information content (AvgIpc) is 3.05. The molecule has 0 aliphatic rings. The van der Waals surface area contributed by atoms with Crippen LogP contribution in [0.3, 0.4) is 0 Å². The van der Waals surface area contributed by atoms with E-state index in [0.29, 0.717) is 17.1 Å². The predicted molar refractivity (Wildman–Crippen MR) is 77.2 cm³/mol. The highest BCUT2D eigenvalue weighted by molar-refractivity contribution is 6.10. The second kappa shape index (κ2) is 5.65. The van der Waals surface area contributed by atoms with Gasteiger partial charge in [0.05, 0.1) is 30.6 Å². The molecule has 0 unspecified atom stereocenters. The molecule has 7 nitrogen and oxygen atoms in total. The summed E-state index contributed by atoms with van der Waals surface area (Å²) in [7, 11) is 1.49. The van der Waals surface area contributed by atoms with Gasteiger partial charge in [0.25, 0.3) is 0 Å². The lowest BCUT2D eigenvalue weighted by Crippen LogP contribution is -2.02. The van der Waals surface area contributed by atoms with E-state index in [1.54, 1.807) is 12.3 Å². The normalized spacial score (nSPS) is 10.4. The number of aromatic hydroxyl groups is 1. The number of hydrogen-bond acceptors (Lipinski definition) is 6. The van der Waals surface area contributed by atoms with E-state index in [0.717, 1.165) is 0 Å². The van der Waals surface area contributed by atoms with Gasteiger partial charge in [-0.3, -0.25) is 9.78 Å². The second-order valence-corrected chi connectivity index (χ2v) is 4.45. The number of aromatic nitrogens is 4. The maximum atomic E-state index is 12.5. The Labute approximate surface area is 125 Å². The molecule has 7 heteroatoms. The molecule has 2 heterocycles. The Bertz CT molecular complexity index is 815. The van der Waals surface area contributed by atoms with Crippen LogP contribution in [0.15, 0.2) is 49.2 Å². The molecule has 0 atom stereocenters. The van der Waals surface area contributed by atoms with Crippen LogP contribution in [0.25, 0.3) is 5.82 Å². The monoisotopic (exact) mass is 296 g/mol. The molecule has 0 amide bonds. The number of carbonyl (C=O) groups is 1. The van der Waals surface area contributed by atoms with E-state index >= 15 is 0 Å². The van der Waals surface area contributed by atoms with Crippen molar-refractivity contribution in [1.82, 2.24) is 19.7 Å². The van der Waals surface area contributed by atoms with Crippen LogP contribution >= 0.6 is 0 Å². The molecule has 0 aliphatic carbocycles. The number of phenolic OH excluding ortho intramolecular Hbond substituents is 1. The smallest absolute Gasteiger partial charge is 0.200 e. The summed E-state index contributed by atoms with van der Waals surface area (Å²) in [5.41, 5.74) is 0.479. The van der Waals surface area contributed by atoms with Crippen LogP contribution in [0.4, 0.5) is 0 Å². The summed E-state index contributed by atoms with van der Waals surface area (Å²) in [4.78, 5) is 20.5. The minimum atomic E-state index is -0.355. The summed E-state index contributed by atoms with van der Waals surface area (Å²) >= 11 is 0. The number of methoxy groups -OCH3 is 1.